The molecule has 2 heterocycles. The molecule has 0 aliphatic carbocycles. The van der Waals surface area contributed by atoms with Crippen LogP contribution in [0, 0.1) is 5.92 Å². The third-order valence-electron chi connectivity index (χ3n) is 4.95. The Labute approximate surface area is 147 Å². The number of aromatic nitrogens is 1. The predicted molar refractivity (Wildman–Crippen MR) is 95.0 cm³/mol. The number of aromatic amines is 1. The van der Waals surface area contributed by atoms with Crippen molar-refractivity contribution >= 4 is 22.7 Å². The largest absolute Gasteiger partial charge is 0.496 e. The van der Waals surface area contributed by atoms with Crippen molar-refractivity contribution < 1.29 is 19.1 Å². The number of hydrogen-bond acceptors (Lipinski definition) is 5. The van der Waals surface area contributed by atoms with Crippen molar-refractivity contribution in [2.75, 3.05) is 33.9 Å². The standard InChI is InChI=1S/C19H24N2O4/c1-24-17-5-3-4-15-19(17)14(11-20-15)16(22)12-21-8-6-13(7-9-21)10-18(23)25-2/h3-5,11,13,20H,6-10,12H2,1-2H3. The zero-order chi connectivity index (χ0) is 17.8. The summed E-state index contributed by atoms with van der Waals surface area (Å²) in [7, 11) is 3.04. The fraction of sp³-hybridized carbons (Fsp3) is 0.474. The first-order valence-corrected chi connectivity index (χ1v) is 8.58. The highest BCUT2D eigenvalue weighted by Crippen LogP contribution is 2.29. The average Bonchev–Trinajstić information content (AvgIpc) is 3.07. The number of nitrogens with one attached hydrogen (secondary N) is 1. The number of piperidine rings is 1. The van der Waals surface area contributed by atoms with E-state index >= 15 is 0 Å². The maximum Gasteiger partial charge on any atom is 0.305 e. The number of carbonyl (C=O) groups excluding carboxylic acids is 2. The van der Waals surface area contributed by atoms with Crippen molar-refractivity contribution in [1.29, 1.82) is 0 Å². The molecule has 6 heteroatoms. The molecule has 0 amide bonds. The summed E-state index contributed by atoms with van der Waals surface area (Å²) in [5.74, 6) is 0.994. The molecule has 0 spiro atoms. The molecule has 1 aromatic heterocycles. The quantitative estimate of drug-likeness (QED) is 0.644. The van der Waals surface area contributed by atoms with Gasteiger partial charge in [-0.2, -0.15) is 0 Å². The van der Waals surface area contributed by atoms with Crippen molar-refractivity contribution in [3.63, 3.8) is 0 Å². The summed E-state index contributed by atoms with van der Waals surface area (Å²) >= 11 is 0. The number of carbonyl (C=O) groups is 2. The van der Waals surface area contributed by atoms with Crippen LogP contribution in [0.15, 0.2) is 24.4 Å². The van der Waals surface area contributed by atoms with Gasteiger partial charge >= 0.3 is 5.97 Å². The van der Waals surface area contributed by atoms with Crippen molar-refractivity contribution in [3.05, 3.63) is 30.0 Å². The number of fused-ring (bicyclic) bond motifs is 1. The van der Waals surface area contributed by atoms with Crippen molar-refractivity contribution in [1.82, 2.24) is 9.88 Å². The van der Waals surface area contributed by atoms with Gasteiger partial charge in [0, 0.05) is 23.7 Å². The van der Waals surface area contributed by atoms with Gasteiger partial charge in [0.2, 0.25) is 0 Å². The fourth-order valence-electron chi connectivity index (χ4n) is 3.50. The zero-order valence-corrected chi connectivity index (χ0v) is 14.7. The maximum atomic E-state index is 12.8. The second-order valence-corrected chi connectivity index (χ2v) is 6.51. The summed E-state index contributed by atoms with van der Waals surface area (Å²) in [6.45, 7) is 2.04. The highest BCUT2D eigenvalue weighted by atomic mass is 16.5. The normalized spacial score (nSPS) is 16.1. The number of nitrogens with zero attached hydrogens (tertiary/aromatic N) is 1. The van der Waals surface area contributed by atoms with Crippen LogP contribution in [-0.4, -0.2) is 55.5 Å². The Kier molecular flexibility index (Phi) is 5.38. The third kappa shape index (κ3) is 3.85. The van der Waals surface area contributed by atoms with Gasteiger partial charge in [-0.25, -0.2) is 0 Å². The molecule has 0 radical (unpaired) electrons. The lowest BCUT2D eigenvalue weighted by Crippen LogP contribution is -2.37. The lowest BCUT2D eigenvalue weighted by molar-refractivity contribution is -0.142. The number of likely N-dealkylation sites (tertiary alicyclic amines) is 1. The third-order valence-corrected chi connectivity index (χ3v) is 4.95. The highest BCUT2D eigenvalue weighted by molar-refractivity contribution is 6.10. The van der Waals surface area contributed by atoms with E-state index in [4.69, 9.17) is 9.47 Å². The number of esters is 1. The van der Waals surface area contributed by atoms with Gasteiger partial charge in [-0.1, -0.05) is 6.07 Å². The second-order valence-electron chi connectivity index (χ2n) is 6.51. The summed E-state index contributed by atoms with van der Waals surface area (Å²) in [5.41, 5.74) is 1.57. The Morgan fingerprint density at radius 2 is 2.00 bits per heavy atom. The van der Waals surface area contributed by atoms with Crippen molar-refractivity contribution in [2.24, 2.45) is 5.92 Å². The molecule has 1 aromatic carbocycles. The van der Waals surface area contributed by atoms with E-state index in [1.165, 1.54) is 7.11 Å². The Balaban J connectivity index is 1.63. The zero-order valence-electron chi connectivity index (χ0n) is 14.7. The van der Waals surface area contributed by atoms with Crippen molar-refractivity contribution in [2.45, 2.75) is 19.3 Å². The molecule has 25 heavy (non-hydrogen) atoms. The molecule has 1 aliphatic rings. The van der Waals surface area contributed by atoms with Crippen LogP contribution in [0.2, 0.25) is 0 Å². The van der Waals surface area contributed by atoms with E-state index in [0.29, 0.717) is 30.2 Å². The molecular formula is C19H24N2O4. The minimum absolute atomic E-state index is 0.0853. The second kappa shape index (κ2) is 7.70. The number of Topliss-reactive ketones (excluding diaryl/α,β-unsaturated/α-hetero) is 1. The number of rotatable bonds is 6. The van der Waals surface area contributed by atoms with Gasteiger partial charge in [-0.15, -0.1) is 0 Å². The van der Waals surface area contributed by atoms with Crippen LogP contribution >= 0.6 is 0 Å². The lowest BCUT2D eigenvalue weighted by atomic mass is 9.93. The fourth-order valence-corrected chi connectivity index (χ4v) is 3.50. The number of benzene rings is 1. The van der Waals surface area contributed by atoms with Crippen molar-refractivity contribution in [3.8, 4) is 5.75 Å². The summed E-state index contributed by atoms with van der Waals surface area (Å²) in [4.78, 5) is 29.4. The van der Waals surface area contributed by atoms with Crippen LogP contribution < -0.4 is 4.74 Å². The summed E-state index contributed by atoms with van der Waals surface area (Å²) < 4.78 is 10.1. The first-order chi connectivity index (χ1) is 12.1. The molecule has 1 aliphatic heterocycles. The van der Waals surface area contributed by atoms with Gasteiger partial charge < -0.3 is 14.5 Å². The van der Waals surface area contributed by atoms with Crippen LogP contribution in [0.5, 0.6) is 5.75 Å². The molecule has 0 saturated carbocycles. The molecule has 1 saturated heterocycles. The maximum absolute atomic E-state index is 12.8. The Morgan fingerprint density at radius 3 is 2.68 bits per heavy atom. The van der Waals surface area contributed by atoms with Gasteiger partial charge in [0.25, 0.3) is 0 Å². The topological polar surface area (TPSA) is 71.6 Å². The van der Waals surface area contributed by atoms with Gasteiger partial charge in [0.05, 0.1) is 26.2 Å². The first-order valence-electron chi connectivity index (χ1n) is 8.58. The van der Waals surface area contributed by atoms with Crippen LogP contribution in [0.25, 0.3) is 10.9 Å². The Morgan fingerprint density at radius 1 is 1.24 bits per heavy atom. The Bertz CT molecular complexity index is 760. The molecule has 1 N–H and O–H groups in total. The van der Waals surface area contributed by atoms with Gasteiger partial charge in [0.15, 0.2) is 5.78 Å². The van der Waals surface area contributed by atoms with E-state index in [-0.39, 0.29) is 11.8 Å². The summed E-state index contributed by atoms with van der Waals surface area (Å²) in [6.07, 6.45) is 4.07. The summed E-state index contributed by atoms with van der Waals surface area (Å²) in [6, 6.07) is 5.70. The van der Waals surface area contributed by atoms with E-state index in [0.717, 1.165) is 36.8 Å². The van der Waals surface area contributed by atoms with Crippen LogP contribution in [0.3, 0.4) is 0 Å². The Hall–Kier alpha value is -2.34. The molecular weight excluding hydrogens is 320 g/mol. The molecule has 134 valence electrons. The van der Waals surface area contributed by atoms with Crippen LogP contribution in [0.1, 0.15) is 29.6 Å². The molecule has 0 bridgehead atoms. The van der Waals surface area contributed by atoms with E-state index < -0.39 is 0 Å². The van der Waals surface area contributed by atoms with E-state index in [9.17, 15) is 9.59 Å². The SMILES string of the molecule is COC(=O)CC1CCN(CC(=O)c2c[nH]c3cccc(OC)c23)CC1. The lowest BCUT2D eigenvalue weighted by Gasteiger charge is -2.30. The molecule has 6 nitrogen and oxygen atoms in total. The van der Waals surface area contributed by atoms with E-state index in [1.54, 1.807) is 13.3 Å². The predicted octanol–water partition coefficient (Wildman–Crippen LogP) is 2.63. The number of methoxy groups -OCH3 is 2. The van der Waals surface area contributed by atoms with Gasteiger partial charge in [0.1, 0.15) is 5.75 Å². The van der Waals surface area contributed by atoms with Crippen LogP contribution in [-0.2, 0) is 9.53 Å². The summed E-state index contributed by atoms with van der Waals surface area (Å²) in [5, 5.41) is 0.843. The molecule has 1 fully saturated rings. The first kappa shape index (κ1) is 17.5. The van der Waals surface area contributed by atoms with Crippen LogP contribution in [0.4, 0.5) is 0 Å². The number of ketones is 1. The number of hydrogen-bond donors (Lipinski definition) is 1. The minimum Gasteiger partial charge on any atom is -0.496 e. The highest BCUT2D eigenvalue weighted by Gasteiger charge is 2.24. The number of ether oxygens (including phenoxy) is 2. The molecule has 2 aromatic rings. The average molecular weight is 344 g/mol. The number of H-pyrrole nitrogens is 1. The van der Waals surface area contributed by atoms with E-state index in [1.807, 2.05) is 18.2 Å². The van der Waals surface area contributed by atoms with E-state index in [2.05, 4.69) is 9.88 Å². The smallest absolute Gasteiger partial charge is 0.305 e. The minimum atomic E-state index is -0.152. The molecule has 0 atom stereocenters. The molecule has 0 unspecified atom stereocenters. The van der Waals surface area contributed by atoms with Gasteiger partial charge in [-0.3, -0.25) is 14.5 Å². The molecule has 3 rings (SSSR count). The monoisotopic (exact) mass is 344 g/mol. The van der Waals surface area contributed by atoms with Gasteiger partial charge in [-0.05, 0) is 44.0 Å².